The predicted molar refractivity (Wildman–Crippen MR) is 84.0 cm³/mol. The molecule has 110 valence electrons. The smallest absolute Gasteiger partial charge is 0.207 e. The van der Waals surface area contributed by atoms with Crippen LogP contribution in [0.3, 0.4) is 0 Å². The first-order valence-electron chi connectivity index (χ1n) is 6.12. The Hall–Kier alpha value is -1.39. The Labute approximate surface area is 133 Å². The molecule has 1 atom stereocenters. The number of hydrogen-bond acceptors (Lipinski definition) is 4. The van der Waals surface area contributed by atoms with Crippen molar-refractivity contribution in [2.45, 2.75) is 24.8 Å². The first-order chi connectivity index (χ1) is 9.83. The number of nitrogens with one attached hydrogen (secondary N) is 1. The van der Waals surface area contributed by atoms with Crippen LogP contribution in [0.5, 0.6) is 0 Å². The van der Waals surface area contributed by atoms with E-state index >= 15 is 0 Å². The highest BCUT2D eigenvalue weighted by Crippen LogP contribution is 2.27. The number of benzene rings is 1. The van der Waals surface area contributed by atoms with Gasteiger partial charge in [0, 0.05) is 9.75 Å². The van der Waals surface area contributed by atoms with E-state index < -0.39 is 10.0 Å². The lowest BCUT2D eigenvalue weighted by molar-refractivity contribution is 0.568. The van der Waals surface area contributed by atoms with Gasteiger partial charge in [0.15, 0.2) is 0 Å². The molecule has 1 N–H and O–H groups in total. The van der Waals surface area contributed by atoms with E-state index in [0.29, 0.717) is 0 Å². The quantitative estimate of drug-likeness (QED) is 0.924. The number of aryl methyl sites for hydroxylation is 1. The lowest BCUT2D eigenvalue weighted by Crippen LogP contribution is -2.26. The van der Waals surface area contributed by atoms with Gasteiger partial charge in [-0.2, -0.15) is 5.26 Å². The molecule has 0 aliphatic rings. The Morgan fingerprint density at radius 1 is 1.33 bits per heavy atom. The van der Waals surface area contributed by atoms with Gasteiger partial charge in [-0.25, -0.2) is 13.1 Å². The molecule has 0 aliphatic carbocycles. The Morgan fingerprint density at radius 3 is 2.62 bits per heavy atom. The molecule has 0 saturated heterocycles. The number of thiophene rings is 1. The van der Waals surface area contributed by atoms with Crippen LogP contribution in [0.1, 0.15) is 28.3 Å². The van der Waals surface area contributed by atoms with Gasteiger partial charge in [-0.3, -0.25) is 0 Å². The van der Waals surface area contributed by atoms with Crippen LogP contribution in [0.25, 0.3) is 0 Å². The van der Waals surface area contributed by atoms with Crippen molar-refractivity contribution >= 4 is 33.0 Å². The molecule has 1 aromatic heterocycles. The van der Waals surface area contributed by atoms with Gasteiger partial charge in [-0.1, -0.05) is 11.6 Å². The van der Waals surface area contributed by atoms with Crippen molar-refractivity contribution in [2.24, 2.45) is 0 Å². The fourth-order valence-electron chi connectivity index (χ4n) is 1.82. The van der Waals surface area contributed by atoms with Crippen LogP contribution in [0.2, 0.25) is 5.02 Å². The monoisotopic (exact) mass is 340 g/mol. The Balaban J connectivity index is 2.33. The predicted octanol–water partition coefficient (Wildman–Crippen LogP) is 3.62. The molecule has 0 bridgehead atoms. The first-order valence-corrected chi connectivity index (χ1v) is 8.79. The van der Waals surface area contributed by atoms with Crippen LogP contribution in [-0.2, 0) is 10.0 Å². The van der Waals surface area contributed by atoms with Gasteiger partial charge in [0.1, 0.15) is 4.90 Å². The summed E-state index contributed by atoms with van der Waals surface area (Å²) in [6.07, 6.45) is 0. The molecule has 21 heavy (non-hydrogen) atoms. The number of halogens is 1. The van der Waals surface area contributed by atoms with E-state index in [0.717, 1.165) is 9.75 Å². The second kappa shape index (κ2) is 6.16. The van der Waals surface area contributed by atoms with Gasteiger partial charge in [0.2, 0.25) is 10.0 Å². The summed E-state index contributed by atoms with van der Waals surface area (Å²) < 4.78 is 27.4. The molecule has 4 nitrogen and oxygen atoms in total. The molecule has 2 rings (SSSR count). The van der Waals surface area contributed by atoms with E-state index in [4.69, 9.17) is 16.9 Å². The molecule has 0 amide bonds. The summed E-state index contributed by atoms with van der Waals surface area (Å²) in [4.78, 5) is 1.95. The van der Waals surface area contributed by atoms with Crippen molar-refractivity contribution in [1.82, 2.24) is 4.72 Å². The van der Waals surface area contributed by atoms with Gasteiger partial charge >= 0.3 is 0 Å². The zero-order chi connectivity index (χ0) is 15.6. The highest BCUT2D eigenvalue weighted by molar-refractivity contribution is 7.89. The lowest BCUT2D eigenvalue weighted by atomic mass is 10.2. The molecule has 0 fully saturated rings. The lowest BCUT2D eigenvalue weighted by Gasteiger charge is -2.14. The van der Waals surface area contributed by atoms with E-state index in [2.05, 4.69) is 4.72 Å². The molecule has 1 unspecified atom stereocenters. The molecule has 0 radical (unpaired) electrons. The number of sulfonamides is 1. The first kappa shape index (κ1) is 16.0. The van der Waals surface area contributed by atoms with Crippen LogP contribution >= 0.6 is 22.9 Å². The SMILES string of the molecule is Cc1ccc(C(C)NS(=O)(=O)c2cc(C#N)ccc2Cl)s1. The van der Waals surface area contributed by atoms with E-state index in [-0.39, 0.29) is 21.5 Å². The van der Waals surface area contributed by atoms with Gasteiger partial charge in [0.25, 0.3) is 0 Å². The number of rotatable bonds is 4. The van der Waals surface area contributed by atoms with Crippen LogP contribution < -0.4 is 4.72 Å². The van der Waals surface area contributed by atoms with Crippen LogP contribution in [0.15, 0.2) is 35.2 Å². The maximum Gasteiger partial charge on any atom is 0.242 e. The topological polar surface area (TPSA) is 70.0 Å². The van der Waals surface area contributed by atoms with E-state index in [9.17, 15) is 8.42 Å². The minimum atomic E-state index is -3.79. The maximum absolute atomic E-state index is 12.4. The fourth-order valence-corrected chi connectivity index (χ4v) is 4.52. The summed E-state index contributed by atoms with van der Waals surface area (Å²) >= 11 is 7.48. The van der Waals surface area contributed by atoms with Gasteiger partial charge in [-0.05, 0) is 44.2 Å². The van der Waals surface area contributed by atoms with Gasteiger partial charge in [-0.15, -0.1) is 11.3 Å². The summed E-state index contributed by atoms with van der Waals surface area (Å²) in [6, 6.07) is 9.53. The van der Waals surface area contributed by atoms with Crippen LogP contribution in [0, 0.1) is 18.3 Å². The number of hydrogen-bond donors (Lipinski definition) is 1. The van der Waals surface area contributed by atoms with Gasteiger partial charge in [0.05, 0.1) is 22.7 Å². The van der Waals surface area contributed by atoms with Crippen LogP contribution in [0.4, 0.5) is 0 Å². The van der Waals surface area contributed by atoms with E-state index in [1.165, 1.54) is 29.5 Å². The van der Waals surface area contributed by atoms with E-state index in [1.54, 1.807) is 6.92 Å². The molecule has 1 aromatic carbocycles. The molecule has 0 saturated carbocycles. The van der Waals surface area contributed by atoms with Crippen molar-refractivity contribution in [3.05, 3.63) is 50.7 Å². The third-order valence-electron chi connectivity index (χ3n) is 2.87. The summed E-state index contributed by atoms with van der Waals surface area (Å²) in [6.45, 7) is 3.73. The zero-order valence-electron chi connectivity index (χ0n) is 11.4. The minimum Gasteiger partial charge on any atom is -0.207 e. The average molecular weight is 341 g/mol. The van der Waals surface area contributed by atoms with Crippen molar-refractivity contribution < 1.29 is 8.42 Å². The maximum atomic E-state index is 12.4. The standard InChI is InChI=1S/C14H13ClN2O2S2/c1-9-3-6-13(20-9)10(2)17-21(18,19)14-7-11(8-16)4-5-12(14)15/h3-7,10,17H,1-2H3. The van der Waals surface area contributed by atoms with E-state index in [1.807, 2.05) is 25.1 Å². The molecular formula is C14H13ClN2O2S2. The molecule has 7 heteroatoms. The minimum absolute atomic E-state index is 0.0802. The molecule has 0 aliphatic heterocycles. The van der Waals surface area contributed by atoms with Crippen molar-refractivity contribution in [2.75, 3.05) is 0 Å². The summed E-state index contributed by atoms with van der Waals surface area (Å²) in [5.41, 5.74) is 0.249. The Kier molecular flexibility index (Phi) is 4.69. The third-order valence-corrected chi connectivity index (χ3v) is 6.08. The Bertz CT molecular complexity index is 807. The average Bonchev–Trinajstić information content (AvgIpc) is 2.85. The largest absolute Gasteiger partial charge is 0.242 e. The summed E-state index contributed by atoms with van der Waals surface area (Å²) in [5.74, 6) is 0. The van der Waals surface area contributed by atoms with Crippen molar-refractivity contribution in [3.63, 3.8) is 0 Å². The third kappa shape index (κ3) is 3.63. The number of nitrogens with zero attached hydrogens (tertiary/aromatic N) is 1. The second-order valence-electron chi connectivity index (χ2n) is 4.55. The summed E-state index contributed by atoms with van der Waals surface area (Å²) in [7, 11) is -3.79. The van der Waals surface area contributed by atoms with Crippen LogP contribution in [-0.4, -0.2) is 8.42 Å². The Morgan fingerprint density at radius 2 is 2.05 bits per heavy atom. The summed E-state index contributed by atoms with van der Waals surface area (Å²) in [5, 5.41) is 8.97. The normalized spacial score (nSPS) is 12.9. The number of nitriles is 1. The highest BCUT2D eigenvalue weighted by Gasteiger charge is 2.22. The molecule has 0 spiro atoms. The zero-order valence-corrected chi connectivity index (χ0v) is 13.8. The van der Waals surface area contributed by atoms with Crippen molar-refractivity contribution in [1.29, 1.82) is 5.26 Å². The second-order valence-corrected chi connectivity index (χ2v) is 7.96. The van der Waals surface area contributed by atoms with Crippen molar-refractivity contribution in [3.8, 4) is 6.07 Å². The fraction of sp³-hybridized carbons (Fsp3) is 0.214. The van der Waals surface area contributed by atoms with Gasteiger partial charge < -0.3 is 0 Å². The highest BCUT2D eigenvalue weighted by atomic mass is 35.5. The molecular weight excluding hydrogens is 328 g/mol. The molecule has 1 heterocycles. The molecule has 2 aromatic rings.